The molecule has 0 bridgehead atoms. The van der Waals surface area contributed by atoms with Gasteiger partial charge in [0.1, 0.15) is 11.8 Å². The number of aromatic nitrogens is 1. The highest BCUT2D eigenvalue weighted by Crippen LogP contribution is 2.14. The fourth-order valence-electron chi connectivity index (χ4n) is 1.82. The molecule has 1 unspecified atom stereocenters. The Kier molecular flexibility index (Phi) is 4.20. The second-order valence-corrected chi connectivity index (χ2v) is 4.13. The van der Waals surface area contributed by atoms with Gasteiger partial charge in [-0.15, -0.1) is 0 Å². The third kappa shape index (κ3) is 3.35. The zero-order chi connectivity index (χ0) is 13.7. The molecule has 0 fully saturated rings. The highest BCUT2D eigenvalue weighted by molar-refractivity contribution is 5.74. The summed E-state index contributed by atoms with van der Waals surface area (Å²) in [5, 5.41) is 12.2. The summed E-state index contributed by atoms with van der Waals surface area (Å²) in [6.45, 7) is 0.472. The highest BCUT2D eigenvalue weighted by Gasteiger charge is 2.19. The van der Waals surface area contributed by atoms with Gasteiger partial charge in [0.2, 0.25) is 0 Å². The first kappa shape index (κ1) is 13.2. The molecule has 0 aliphatic heterocycles. The standard InChI is InChI=1S/C14H16N2O3/c1-19-11-6-4-10(5-7-11)9-16-13(14(17)18)12-3-2-8-15-12/h2-8,13,15-16H,9H2,1H3,(H,17,18). The molecule has 0 amide bonds. The topological polar surface area (TPSA) is 74.3 Å². The van der Waals surface area contributed by atoms with Crippen LogP contribution in [0, 0.1) is 0 Å². The van der Waals surface area contributed by atoms with Crippen molar-refractivity contribution < 1.29 is 14.6 Å². The minimum Gasteiger partial charge on any atom is -0.497 e. The summed E-state index contributed by atoms with van der Waals surface area (Å²) in [6.07, 6.45) is 1.71. The van der Waals surface area contributed by atoms with Gasteiger partial charge >= 0.3 is 5.97 Å². The van der Waals surface area contributed by atoms with E-state index in [0.29, 0.717) is 12.2 Å². The number of aromatic amines is 1. The van der Waals surface area contributed by atoms with E-state index in [1.54, 1.807) is 25.4 Å². The van der Waals surface area contributed by atoms with Crippen LogP contribution in [0.4, 0.5) is 0 Å². The van der Waals surface area contributed by atoms with Crippen LogP contribution in [-0.2, 0) is 11.3 Å². The van der Waals surface area contributed by atoms with Gasteiger partial charge < -0.3 is 14.8 Å². The summed E-state index contributed by atoms with van der Waals surface area (Å²) in [6, 6.07) is 10.3. The molecule has 0 saturated heterocycles. The number of hydrogen-bond donors (Lipinski definition) is 3. The fourth-order valence-corrected chi connectivity index (χ4v) is 1.82. The van der Waals surface area contributed by atoms with Gasteiger partial charge in [-0.2, -0.15) is 0 Å². The first-order valence-electron chi connectivity index (χ1n) is 5.93. The van der Waals surface area contributed by atoms with Crippen LogP contribution in [0.3, 0.4) is 0 Å². The molecule has 0 saturated carbocycles. The number of carboxylic acid groups (broad SMARTS) is 1. The minimum absolute atomic E-state index is 0.472. The van der Waals surface area contributed by atoms with Gasteiger partial charge in [0.15, 0.2) is 0 Å². The second kappa shape index (κ2) is 6.06. The Bertz CT molecular complexity index is 520. The number of benzene rings is 1. The van der Waals surface area contributed by atoms with E-state index in [2.05, 4.69) is 10.3 Å². The molecule has 2 aromatic rings. The quantitative estimate of drug-likeness (QED) is 0.742. The molecule has 1 aromatic carbocycles. The number of ether oxygens (including phenoxy) is 1. The van der Waals surface area contributed by atoms with E-state index < -0.39 is 12.0 Å². The Morgan fingerprint density at radius 1 is 1.37 bits per heavy atom. The van der Waals surface area contributed by atoms with Crippen LogP contribution in [0.5, 0.6) is 5.75 Å². The van der Waals surface area contributed by atoms with E-state index >= 15 is 0 Å². The molecule has 0 aliphatic carbocycles. The Balaban J connectivity index is 2.00. The molecule has 19 heavy (non-hydrogen) atoms. The molecule has 3 N–H and O–H groups in total. The summed E-state index contributed by atoms with van der Waals surface area (Å²) in [5.41, 5.74) is 1.64. The first-order chi connectivity index (χ1) is 9.20. The van der Waals surface area contributed by atoms with Crippen LogP contribution < -0.4 is 10.1 Å². The fraction of sp³-hybridized carbons (Fsp3) is 0.214. The van der Waals surface area contributed by atoms with E-state index in [1.165, 1.54) is 0 Å². The highest BCUT2D eigenvalue weighted by atomic mass is 16.5. The van der Waals surface area contributed by atoms with Crippen LogP contribution in [0.2, 0.25) is 0 Å². The van der Waals surface area contributed by atoms with Crippen molar-refractivity contribution in [3.05, 3.63) is 53.9 Å². The smallest absolute Gasteiger partial charge is 0.326 e. The maximum absolute atomic E-state index is 11.2. The van der Waals surface area contributed by atoms with Crippen LogP contribution >= 0.6 is 0 Å². The van der Waals surface area contributed by atoms with Crippen molar-refractivity contribution in [1.29, 1.82) is 0 Å². The van der Waals surface area contributed by atoms with Gasteiger partial charge in [-0.05, 0) is 29.8 Å². The molecule has 1 atom stereocenters. The summed E-state index contributed by atoms with van der Waals surface area (Å²) < 4.78 is 5.07. The minimum atomic E-state index is -0.907. The van der Waals surface area contributed by atoms with Crippen LogP contribution in [0.1, 0.15) is 17.3 Å². The first-order valence-corrected chi connectivity index (χ1v) is 5.93. The lowest BCUT2D eigenvalue weighted by Crippen LogP contribution is -2.28. The van der Waals surface area contributed by atoms with Crippen molar-refractivity contribution in [2.24, 2.45) is 0 Å². The number of hydrogen-bond acceptors (Lipinski definition) is 3. The number of carbonyl (C=O) groups is 1. The Morgan fingerprint density at radius 2 is 2.11 bits per heavy atom. The van der Waals surface area contributed by atoms with Crippen LogP contribution in [0.15, 0.2) is 42.6 Å². The molecule has 1 aromatic heterocycles. The molecule has 2 rings (SSSR count). The lowest BCUT2D eigenvalue weighted by Gasteiger charge is -2.13. The van der Waals surface area contributed by atoms with E-state index in [1.807, 2.05) is 24.3 Å². The average molecular weight is 260 g/mol. The number of rotatable bonds is 6. The maximum atomic E-state index is 11.2. The van der Waals surface area contributed by atoms with E-state index in [9.17, 15) is 9.90 Å². The molecule has 1 heterocycles. The van der Waals surface area contributed by atoms with Crippen molar-refractivity contribution in [2.45, 2.75) is 12.6 Å². The summed E-state index contributed by atoms with van der Waals surface area (Å²) in [7, 11) is 1.61. The zero-order valence-electron chi connectivity index (χ0n) is 10.6. The van der Waals surface area contributed by atoms with Crippen LogP contribution in [0.25, 0.3) is 0 Å². The lowest BCUT2D eigenvalue weighted by atomic mass is 10.1. The van der Waals surface area contributed by atoms with Gasteiger partial charge in [-0.25, -0.2) is 0 Å². The number of H-pyrrole nitrogens is 1. The van der Waals surface area contributed by atoms with Crippen molar-refractivity contribution in [3.8, 4) is 5.75 Å². The van der Waals surface area contributed by atoms with Gasteiger partial charge in [0, 0.05) is 18.4 Å². The van der Waals surface area contributed by atoms with E-state index in [0.717, 1.165) is 11.3 Å². The number of methoxy groups -OCH3 is 1. The number of aliphatic carboxylic acids is 1. The van der Waals surface area contributed by atoms with E-state index in [4.69, 9.17) is 4.74 Å². The zero-order valence-corrected chi connectivity index (χ0v) is 10.6. The van der Waals surface area contributed by atoms with Gasteiger partial charge in [-0.3, -0.25) is 10.1 Å². The molecule has 0 aliphatic rings. The summed E-state index contributed by atoms with van der Waals surface area (Å²) >= 11 is 0. The third-order valence-electron chi connectivity index (χ3n) is 2.85. The van der Waals surface area contributed by atoms with Crippen molar-refractivity contribution in [3.63, 3.8) is 0 Å². The average Bonchev–Trinajstić information content (AvgIpc) is 2.93. The predicted molar refractivity (Wildman–Crippen MR) is 71.0 cm³/mol. The number of carboxylic acids is 1. The summed E-state index contributed by atoms with van der Waals surface area (Å²) in [4.78, 5) is 14.1. The molecular weight excluding hydrogens is 244 g/mol. The normalized spacial score (nSPS) is 12.1. The number of nitrogens with one attached hydrogen (secondary N) is 2. The van der Waals surface area contributed by atoms with Gasteiger partial charge in [0.25, 0.3) is 0 Å². The molecule has 5 nitrogen and oxygen atoms in total. The maximum Gasteiger partial charge on any atom is 0.326 e. The predicted octanol–water partition coefficient (Wildman–Crippen LogP) is 1.94. The second-order valence-electron chi connectivity index (χ2n) is 4.13. The van der Waals surface area contributed by atoms with Crippen molar-refractivity contribution >= 4 is 5.97 Å². The monoisotopic (exact) mass is 260 g/mol. The van der Waals surface area contributed by atoms with E-state index in [-0.39, 0.29) is 0 Å². The molecule has 100 valence electrons. The third-order valence-corrected chi connectivity index (χ3v) is 2.85. The lowest BCUT2D eigenvalue weighted by molar-refractivity contribution is -0.139. The largest absolute Gasteiger partial charge is 0.497 e. The molecule has 0 spiro atoms. The van der Waals surface area contributed by atoms with Crippen LogP contribution in [-0.4, -0.2) is 23.2 Å². The molecule has 5 heteroatoms. The Hall–Kier alpha value is -2.27. The van der Waals surface area contributed by atoms with Gasteiger partial charge in [-0.1, -0.05) is 12.1 Å². The van der Waals surface area contributed by atoms with Crippen molar-refractivity contribution in [2.75, 3.05) is 7.11 Å². The van der Waals surface area contributed by atoms with Gasteiger partial charge in [0.05, 0.1) is 7.11 Å². The molecule has 0 radical (unpaired) electrons. The Morgan fingerprint density at radius 3 is 2.63 bits per heavy atom. The molecular formula is C14H16N2O3. The SMILES string of the molecule is COc1ccc(CNC(C(=O)O)c2ccc[nH]2)cc1. The Labute approximate surface area is 111 Å². The summed E-state index contributed by atoms with van der Waals surface area (Å²) in [5.74, 6) is -0.126. The van der Waals surface area contributed by atoms with Crippen molar-refractivity contribution in [1.82, 2.24) is 10.3 Å².